The molecule has 1 unspecified atom stereocenters. The molecule has 2 aromatic rings. The number of anilines is 3. The molecule has 0 saturated carbocycles. The van der Waals surface area contributed by atoms with Crippen LogP contribution < -0.4 is 10.6 Å². The van der Waals surface area contributed by atoms with Gasteiger partial charge in [-0.25, -0.2) is 14.8 Å². The number of carbonyl (C=O) groups is 1. The monoisotopic (exact) mass is 375 g/mol. The number of ether oxygens (including phenoxy) is 2. The normalized spacial score (nSPS) is 11.5. The highest BCUT2D eigenvalue weighted by molar-refractivity contribution is 5.96. The molecule has 0 saturated heterocycles. The summed E-state index contributed by atoms with van der Waals surface area (Å²) < 4.78 is 10.0. The minimum absolute atomic E-state index is 0.0427. The van der Waals surface area contributed by atoms with Crippen molar-refractivity contribution in [1.29, 1.82) is 0 Å². The fourth-order valence-electron chi connectivity index (χ4n) is 2.38. The average Bonchev–Trinajstić information content (AvgIpc) is 2.62. The Labute approximate surface area is 156 Å². The van der Waals surface area contributed by atoms with Crippen molar-refractivity contribution in [1.82, 2.24) is 9.97 Å². The molecule has 0 radical (unpaired) electrons. The Balaban J connectivity index is 2.40. The van der Waals surface area contributed by atoms with E-state index in [1.54, 1.807) is 38.1 Å². The fourth-order valence-corrected chi connectivity index (χ4v) is 2.38. The van der Waals surface area contributed by atoms with Crippen LogP contribution in [-0.2, 0) is 9.47 Å². The van der Waals surface area contributed by atoms with E-state index in [-0.39, 0.29) is 35.5 Å². The lowest BCUT2D eigenvalue weighted by Gasteiger charge is -2.15. The van der Waals surface area contributed by atoms with E-state index in [1.807, 2.05) is 0 Å². The molecule has 2 rings (SSSR count). The van der Waals surface area contributed by atoms with Gasteiger partial charge in [-0.15, -0.1) is 0 Å². The molecule has 27 heavy (non-hydrogen) atoms. The maximum absolute atomic E-state index is 12.1. The zero-order chi connectivity index (χ0) is 19.8. The van der Waals surface area contributed by atoms with Gasteiger partial charge >= 0.3 is 11.7 Å². The zero-order valence-electron chi connectivity index (χ0n) is 15.3. The topological polar surface area (TPSA) is 129 Å². The molecule has 0 spiro atoms. The summed E-state index contributed by atoms with van der Waals surface area (Å²) in [5.74, 6) is -0.529. The molecule has 1 aromatic heterocycles. The van der Waals surface area contributed by atoms with Crippen molar-refractivity contribution in [3.8, 4) is 0 Å². The number of aromatic nitrogens is 2. The minimum atomic E-state index is -0.586. The Morgan fingerprint density at radius 2 is 2.00 bits per heavy atom. The first-order chi connectivity index (χ1) is 13.0. The molecule has 1 atom stereocenters. The van der Waals surface area contributed by atoms with Crippen LogP contribution in [-0.4, -0.2) is 47.2 Å². The molecule has 10 nitrogen and oxygen atoms in total. The van der Waals surface area contributed by atoms with Gasteiger partial charge in [0.15, 0.2) is 0 Å². The summed E-state index contributed by atoms with van der Waals surface area (Å²) in [6.45, 7) is 4.06. The van der Waals surface area contributed by atoms with Gasteiger partial charge in [0.2, 0.25) is 11.6 Å². The maximum Gasteiger partial charge on any atom is 0.353 e. The lowest BCUT2D eigenvalue weighted by molar-refractivity contribution is -0.383. The molecular formula is C17H21N5O5. The maximum atomic E-state index is 12.1. The second kappa shape index (κ2) is 9.43. The van der Waals surface area contributed by atoms with Gasteiger partial charge in [-0.3, -0.25) is 10.1 Å². The van der Waals surface area contributed by atoms with E-state index < -0.39 is 10.9 Å². The Kier molecular flexibility index (Phi) is 7.00. The highest BCUT2D eigenvalue weighted by Crippen LogP contribution is 2.32. The minimum Gasteiger partial charge on any atom is -0.462 e. The van der Waals surface area contributed by atoms with Crippen LogP contribution in [0.5, 0.6) is 0 Å². The first-order valence-corrected chi connectivity index (χ1v) is 8.25. The van der Waals surface area contributed by atoms with E-state index in [2.05, 4.69) is 20.6 Å². The molecule has 0 aliphatic heterocycles. The van der Waals surface area contributed by atoms with Gasteiger partial charge in [0, 0.05) is 13.2 Å². The van der Waals surface area contributed by atoms with Crippen molar-refractivity contribution < 1.29 is 19.2 Å². The fraction of sp³-hybridized carbons (Fsp3) is 0.353. The van der Waals surface area contributed by atoms with Crippen LogP contribution in [0.15, 0.2) is 30.6 Å². The second-order valence-electron chi connectivity index (χ2n) is 5.57. The van der Waals surface area contributed by atoms with Gasteiger partial charge in [0.25, 0.3) is 0 Å². The number of hydrogen-bond acceptors (Lipinski definition) is 9. The number of nitrogens with one attached hydrogen (secondary N) is 2. The largest absolute Gasteiger partial charge is 0.462 e. The van der Waals surface area contributed by atoms with Gasteiger partial charge in [0.05, 0.1) is 29.4 Å². The number of hydrogen-bond donors (Lipinski definition) is 2. The molecule has 144 valence electrons. The lowest BCUT2D eigenvalue weighted by atomic mass is 10.1. The molecule has 0 bridgehead atoms. The highest BCUT2D eigenvalue weighted by Gasteiger charge is 2.25. The first-order valence-electron chi connectivity index (χ1n) is 8.25. The van der Waals surface area contributed by atoms with Crippen LogP contribution in [0.4, 0.5) is 23.0 Å². The van der Waals surface area contributed by atoms with Crippen LogP contribution in [0.2, 0.25) is 0 Å². The third kappa shape index (κ3) is 5.11. The van der Waals surface area contributed by atoms with Crippen molar-refractivity contribution in [3.05, 3.63) is 46.3 Å². The standard InChI is InChI=1S/C17H21N5O5/c1-4-27-17(23)12-7-5-6-8-13(12)21-16-14(22(24)25)15(18-10-19-16)20-11(2)9-26-3/h5-8,10-11H,4,9H2,1-3H3,(H2,18,19,20,21). The highest BCUT2D eigenvalue weighted by atomic mass is 16.6. The summed E-state index contributed by atoms with van der Waals surface area (Å²) in [5, 5.41) is 17.4. The number of carbonyl (C=O) groups excluding carboxylic acids is 1. The molecule has 0 amide bonds. The number of para-hydroxylation sites is 1. The lowest BCUT2D eigenvalue weighted by Crippen LogP contribution is -2.22. The summed E-state index contributed by atoms with van der Waals surface area (Å²) in [7, 11) is 1.53. The molecular weight excluding hydrogens is 354 g/mol. The third-order valence-corrected chi connectivity index (χ3v) is 3.48. The van der Waals surface area contributed by atoms with Crippen LogP contribution in [0.1, 0.15) is 24.2 Å². The number of nitro groups is 1. The van der Waals surface area contributed by atoms with E-state index in [0.29, 0.717) is 12.3 Å². The van der Waals surface area contributed by atoms with Crippen LogP contribution in [0.3, 0.4) is 0 Å². The van der Waals surface area contributed by atoms with Gasteiger partial charge in [0.1, 0.15) is 6.33 Å². The first kappa shape index (κ1) is 20.0. The Hall–Kier alpha value is -3.27. The smallest absolute Gasteiger partial charge is 0.353 e. The molecule has 1 aromatic carbocycles. The second-order valence-corrected chi connectivity index (χ2v) is 5.57. The van der Waals surface area contributed by atoms with Gasteiger partial charge in [-0.1, -0.05) is 12.1 Å². The van der Waals surface area contributed by atoms with Crippen LogP contribution in [0.25, 0.3) is 0 Å². The van der Waals surface area contributed by atoms with E-state index >= 15 is 0 Å². The van der Waals surface area contributed by atoms with Gasteiger partial charge in [-0.2, -0.15) is 0 Å². The van der Waals surface area contributed by atoms with Crippen LogP contribution in [0, 0.1) is 10.1 Å². The van der Waals surface area contributed by atoms with E-state index in [0.717, 1.165) is 0 Å². The Bertz CT molecular complexity index is 814. The SMILES string of the molecule is CCOC(=O)c1ccccc1Nc1ncnc(NC(C)COC)c1[N+](=O)[O-]. The number of nitrogens with zero attached hydrogens (tertiary/aromatic N) is 3. The van der Waals surface area contributed by atoms with Gasteiger partial charge < -0.3 is 20.1 Å². The van der Waals surface area contributed by atoms with E-state index in [1.165, 1.54) is 13.4 Å². The van der Waals surface area contributed by atoms with Crippen molar-refractivity contribution >= 4 is 29.0 Å². The van der Waals surface area contributed by atoms with Crippen molar-refractivity contribution in [2.45, 2.75) is 19.9 Å². The third-order valence-electron chi connectivity index (χ3n) is 3.48. The summed E-state index contributed by atoms with van der Waals surface area (Å²) in [5.41, 5.74) is 0.252. The quantitative estimate of drug-likeness (QED) is 0.386. The molecule has 1 heterocycles. The summed E-state index contributed by atoms with van der Waals surface area (Å²) in [6.07, 6.45) is 1.20. The zero-order valence-corrected chi connectivity index (χ0v) is 15.3. The molecule has 2 N–H and O–H groups in total. The number of esters is 1. The summed E-state index contributed by atoms with van der Waals surface area (Å²) in [4.78, 5) is 31.1. The number of methoxy groups -OCH3 is 1. The Morgan fingerprint density at radius 1 is 1.30 bits per heavy atom. The van der Waals surface area contributed by atoms with Crippen LogP contribution >= 0.6 is 0 Å². The number of rotatable bonds is 9. The molecule has 0 fully saturated rings. The number of benzene rings is 1. The summed E-state index contributed by atoms with van der Waals surface area (Å²) in [6, 6.07) is 6.33. The van der Waals surface area contributed by atoms with Gasteiger partial charge in [-0.05, 0) is 26.0 Å². The van der Waals surface area contributed by atoms with E-state index in [9.17, 15) is 14.9 Å². The van der Waals surface area contributed by atoms with Crippen molar-refractivity contribution in [2.75, 3.05) is 31.0 Å². The van der Waals surface area contributed by atoms with Crippen molar-refractivity contribution in [3.63, 3.8) is 0 Å². The molecule has 0 aliphatic carbocycles. The predicted octanol–water partition coefficient (Wildman–Crippen LogP) is 2.75. The molecule has 0 aliphatic rings. The summed E-state index contributed by atoms with van der Waals surface area (Å²) >= 11 is 0. The van der Waals surface area contributed by atoms with E-state index in [4.69, 9.17) is 9.47 Å². The average molecular weight is 375 g/mol. The Morgan fingerprint density at radius 3 is 2.67 bits per heavy atom. The van der Waals surface area contributed by atoms with Crippen molar-refractivity contribution in [2.24, 2.45) is 0 Å². The predicted molar refractivity (Wildman–Crippen MR) is 99.3 cm³/mol. The molecule has 10 heteroatoms.